The molecule has 8 nitrogen and oxygen atoms in total. The molecule has 0 fully saturated rings. The molecule has 1 aliphatic rings. The Kier molecular flexibility index (Phi) is 7.86. The molecule has 37 heavy (non-hydrogen) atoms. The van der Waals surface area contributed by atoms with Gasteiger partial charge in [-0.1, -0.05) is 18.2 Å². The molecule has 1 atom stereocenters. The summed E-state index contributed by atoms with van der Waals surface area (Å²) >= 11 is 0. The van der Waals surface area contributed by atoms with E-state index in [1.54, 1.807) is 34.5 Å². The van der Waals surface area contributed by atoms with Crippen LogP contribution in [-0.4, -0.2) is 41.5 Å². The zero-order valence-electron chi connectivity index (χ0n) is 21.7. The van der Waals surface area contributed by atoms with Gasteiger partial charge in [-0.15, -0.1) is 0 Å². The van der Waals surface area contributed by atoms with Crippen molar-refractivity contribution < 1.29 is 28.5 Å². The Bertz CT molecular complexity index is 1350. The molecule has 0 spiro atoms. The molecule has 8 heteroatoms. The predicted molar refractivity (Wildman–Crippen MR) is 140 cm³/mol. The van der Waals surface area contributed by atoms with E-state index in [0.717, 1.165) is 28.0 Å². The maximum absolute atomic E-state index is 13.1. The SMILES string of the molecule is COc1ccc(CC(=O)NC2CCc3cc(OC)c(OC)c(OC)c3-c3ccc(OC)c(=O)cc32)cc1. The highest BCUT2D eigenvalue weighted by Gasteiger charge is 2.29. The number of fused-ring (bicyclic) bond motifs is 3. The maximum atomic E-state index is 13.1. The van der Waals surface area contributed by atoms with Crippen LogP contribution < -0.4 is 34.4 Å². The fourth-order valence-corrected chi connectivity index (χ4v) is 4.79. The number of ether oxygens (including phenoxy) is 5. The lowest BCUT2D eigenvalue weighted by molar-refractivity contribution is -0.121. The number of carbonyl (C=O) groups is 1. The van der Waals surface area contributed by atoms with Crippen LogP contribution in [0.25, 0.3) is 11.1 Å². The van der Waals surface area contributed by atoms with Crippen molar-refractivity contribution in [3.8, 4) is 39.9 Å². The van der Waals surface area contributed by atoms with E-state index in [-0.39, 0.29) is 23.5 Å². The van der Waals surface area contributed by atoms with Gasteiger partial charge in [-0.05, 0) is 65.4 Å². The van der Waals surface area contributed by atoms with Crippen LogP contribution in [-0.2, 0) is 17.6 Å². The minimum atomic E-state index is -0.417. The van der Waals surface area contributed by atoms with Gasteiger partial charge < -0.3 is 29.0 Å². The van der Waals surface area contributed by atoms with Crippen LogP contribution in [0.15, 0.2) is 53.3 Å². The Labute approximate surface area is 216 Å². The van der Waals surface area contributed by atoms with Crippen LogP contribution in [0.5, 0.6) is 28.7 Å². The van der Waals surface area contributed by atoms with E-state index in [9.17, 15) is 9.59 Å². The van der Waals surface area contributed by atoms with E-state index in [0.29, 0.717) is 35.7 Å². The second kappa shape index (κ2) is 11.2. The molecule has 1 aliphatic carbocycles. The van der Waals surface area contributed by atoms with E-state index < -0.39 is 6.04 Å². The fourth-order valence-electron chi connectivity index (χ4n) is 4.79. The molecule has 0 radical (unpaired) electrons. The number of nitrogens with one attached hydrogen (secondary N) is 1. The van der Waals surface area contributed by atoms with Crippen LogP contribution >= 0.6 is 0 Å². The van der Waals surface area contributed by atoms with Crippen LogP contribution in [0.3, 0.4) is 0 Å². The first-order valence-corrected chi connectivity index (χ1v) is 11.9. The quantitative estimate of drug-likeness (QED) is 0.493. The first-order chi connectivity index (χ1) is 17.9. The molecule has 0 saturated carbocycles. The van der Waals surface area contributed by atoms with Gasteiger partial charge in [0.1, 0.15) is 5.75 Å². The third-order valence-electron chi connectivity index (χ3n) is 6.58. The van der Waals surface area contributed by atoms with Crippen LogP contribution in [0.2, 0.25) is 0 Å². The number of hydrogen-bond donors (Lipinski definition) is 1. The summed E-state index contributed by atoms with van der Waals surface area (Å²) < 4.78 is 27.5. The van der Waals surface area contributed by atoms with Gasteiger partial charge in [0.05, 0.1) is 48.0 Å². The Hall–Kier alpha value is -4.20. The van der Waals surface area contributed by atoms with Crippen LogP contribution in [0, 0.1) is 0 Å². The molecule has 1 N–H and O–H groups in total. The van der Waals surface area contributed by atoms with Gasteiger partial charge in [0.2, 0.25) is 17.1 Å². The first kappa shape index (κ1) is 25.9. The van der Waals surface area contributed by atoms with Gasteiger partial charge in [-0.3, -0.25) is 9.59 Å². The average Bonchev–Trinajstić information content (AvgIpc) is 3.16. The standard InChI is InChI=1S/C29H31NO7/c1-33-19-9-6-17(7-10-19)14-26(32)30-22-12-8-18-15-25(35-3)28(36-4)29(37-5)27(18)20-11-13-24(34-2)23(31)16-21(20)22/h6-7,9-11,13,15-16,22H,8,12,14H2,1-5H3,(H,30,32). The third-order valence-corrected chi connectivity index (χ3v) is 6.58. The van der Waals surface area contributed by atoms with Crippen molar-refractivity contribution in [2.45, 2.75) is 25.3 Å². The summed E-state index contributed by atoms with van der Waals surface area (Å²) in [6.45, 7) is 0. The zero-order chi connectivity index (χ0) is 26.5. The van der Waals surface area contributed by atoms with Crippen molar-refractivity contribution in [3.63, 3.8) is 0 Å². The maximum Gasteiger partial charge on any atom is 0.224 e. The smallest absolute Gasteiger partial charge is 0.224 e. The van der Waals surface area contributed by atoms with Crippen molar-refractivity contribution in [1.82, 2.24) is 5.32 Å². The van der Waals surface area contributed by atoms with Gasteiger partial charge in [0.25, 0.3) is 0 Å². The van der Waals surface area contributed by atoms with E-state index in [2.05, 4.69) is 5.32 Å². The summed E-state index contributed by atoms with van der Waals surface area (Å²) in [5.74, 6) is 2.28. The number of hydrogen-bond acceptors (Lipinski definition) is 7. The summed E-state index contributed by atoms with van der Waals surface area (Å²) in [5.41, 5.74) is 3.76. The van der Waals surface area contributed by atoms with Gasteiger partial charge in [-0.2, -0.15) is 0 Å². The Morgan fingerprint density at radius 2 is 1.54 bits per heavy atom. The van der Waals surface area contributed by atoms with Gasteiger partial charge >= 0.3 is 0 Å². The number of methoxy groups -OCH3 is 5. The molecule has 0 aliphatic heterocycles. The predicted octanol–water partition coefficient (Wildman–Crippen LogP) is 4.10. The number of carbonyl (C=O) groups excluding carboxylic acids is 1. The molecule has 3 aromatic carbocycles. The first-order valence-electron chi connectivity index (χ1n) is 11.9. The molecule has 3 aromatic rings. The number of aryl methyl sites for hydroxylation is 1. The van der Waals surface area contributed by atoms with E-state index >= 15 is 0 Å². The van der Waals surface area contributed by atoms with Gasteiger partial charge in [-0.25, -0.2) is 0 Å². The Morgan fingerprint density at radius 1 is 0.838 bits per heavy atom. The van der Waals surface area contributed by atoms with Crippen molar-refractivity contribution in [2.75, 3.05) is 35.5 Å². The molecule has 0 aromatic heterocycles. The topological polar surface area (TPSA) is 92.3 Å². The lowest BCUT2D eigenvalue weighted by Crippen LogP contribution is -2.30. The normalized spacial score (nSPS) is 13.9. The molecule has 0 heterocycles. The summed E-state index contributed by atoms with van der Waals surface area (Å²) in [4.78, 5) is 26.1. The minimum absolute atomic E-state index is 0.153. The number of amides is 1. The highest BCUT2D eigenvalue weighted by molar-refractivity contribution is 5.84. The summed E-state index contributed by atoms with van der Waals surface area (Å²) in [7, 11) is 7.75. The van der Waals surface area contributed by atoms with E-state index in [4.69, 9.17) is 23.7 Å². The van der Waals surface area contributed by atoms with Gasteiger partial charge in [0.15, 0.2) is 17.2 Å². The van der Waals surface area contributed by atoms with Crippen LogP contribution in [0.1, 0.15) is 29.2 Å². The van der Waals surface area contributed by atoms with Crippen LogP contribution in [0.4, 0.5) is 0 Å². The Balaban J connectivity index is 1.81. The summed E-state index contributed by atoms with van der Waals surface area (Å²) in [5, 5.41) is 3.15. The van der Waals surface area contributed by atoms with E-state index in [1.165, 1.54) is 13.2 Å². The average molecular weight is 506 g/mol. The molecule has 1 unspecified atom stereocenters. The Morgan fingerprint density at radius 3 is 2.16 bits per heavy atom. The second-order valence-corrected chi connectivity index (χ2v) is 8.64. The lowest BCUT2D eigenvalue weighted by Gasteiger charge is -2.20. The fraction of sp³-hybridized carbons (Fsp3) is 0.310. The molecule has 194 valence electrons. The molecule has 0 bridgehead atoms. The molecule has 4 rings (SSSR count). The van der Waals surface area contributed by atoms with Crippen molar-refractivity contribution in [3.05, 3.63) is 75.4 Å². The molecule has 0 saturated heterocycles. The van der Waals surface area contributed by atoms with E-state index in [1.807, 2.05) is 36.4 Å². The van der Waals surface area contributed by atoms with Crippen molar-refractivity contribution in [1.29, 1.82) is 0 Å². The molecular formula is C29H31NO7. The monoisotopic (exact) mass is 505 g/mol. The lowest BCUT2D eigenvalue weighted by atomic mass is 9.95. The molecular weight excluding hydrogens is 474 g/mol. The zero-order valence-corrected chi connectivity index (χ0v) is 21.7. The van der Waals surface area contributed by atoms with Crippen molar-refractivity contribution >= 4 is 5.91 Å². The molecule has 1 amide bonds. The highest BCUT2D eigenvalue weighted by atomic mass is 16.5. The second-order valence-electron chi connectivity index (χ2n) is 8.64. The minimum Gasteiger partial charge on any atom is -0.497 e. The summed E-state index contributed by atoms with van der Waals surface area (Å²) in [6, 6.07) is 13.9. The largest absolute Gasteiger partial charge is 0.497 e. The van der Waals surface area contributed by atoms with Crippen molar-refractivity contribution in [2.24, 2.45) is 0 Å². The number of rotatable bonds is 8. The third kappa shape index (κ3) is 5.18. The highest BCUT2D eigenvalue weighted by Crippen LogP contribution is 2.50. The summed E-state index contributed by atoms with van der Waals surface area (Å²) in [6.07, 6.45) is 1.38. The number of benzene rings is 2. The van der Waals surface area contributed by atoms with Gasteiger partial charge in [0, 0.05) is 5.56 Å².